The molecule has 168 valence electrons. The minimum atomic E-state index is -2.91. The number of benzene rings is 2. The van der Waals surface area contributed by atoms with Crippen LogP contribution in [0.3, 0.4) is 0 Å². The second-order valence-electron chi connectivity index (χ2n) is 7.98. The first-order chi connectivity index (χ1) is 15.5. The summed E-state index contributed by atoms with van der Waals surface area (Å²) in [6, 6.07) is 12.4. The molecule has 3 aromatic rings. The van der Waals surface area contributed by atoms with Crippen molar-refractivity contribution in [2.45, 2.75) is 38.0 Å². The highest BCUT2D eigenvalue weighted by atomic mass is 79.9. The van der Waals surface area contributed by atoms with Crippen LogP contribution in [0.25, 0.3) is 11.0 Å². The van der Waals surface area contributed by atoms with Gasteiger partial charge in [0.25, 0.3) is 0 Å². The summed E-state index contributed by atoms with van der Waals surface area (Å²) in [6.07, 6.45) is 1.71. The highest BCUT2D eigenvalue weighted by Gasteiger charge is 2.37. The van der Waals surface area contributed by atoms with Gasteiger partial charge in [0.05, 0.1) is 23.7 Å². The molecular weight excluding hydrogens is 484 g/mol. The molecule has 1 amide bonds. The minimum absolute atomic E-state index is 0.151. The lowest BCUT2D eigenvalue weighted by Gasteiger charge is -2.19. The number of fused-ring (bicyclic) bond motifs is 3. The molecular formula is C23H22BrF2N3O3. The van der Waals surface area contributed by atoms with Crippen LogP contribution in [0, 0.1) is 0 Å². The van der Waals surface area contributed by atoms with Gasteiger partial charge in [0, 0.05) is 36.0 Å². The van der Waals surface area contributed by atoms with E-state index < -0.39 is 6.61 Å². The van der Waals surface area contributed by atoms with E-state index in [2.05, 4.69) is 20.5 Å². The van der Waals surface area contributed by atoms with Crippen LogP contribution in [0.2, 0.25) is 0 Å². The van der Waals surface area contributed by atoms with Crippen LogP contribution in [0.1, 0.15) is 42.8 Å². The molecule has 6 nitrogen and oxygen atoms in total. The summed E-state index contributed by atoms with van der Waals surface area (Å²) < 4.78 is 40.1. The first-order valence-electron chi connectivity index (χ1n) is 10.6. The van der Waals surface area contributed by atoms with Crippen LogP contribution < -0.4 is 4.74 Å². The van der Waals surface area contributed by atoms with Crippen molar-refractivity contribution in [1.29, 1.82) is 0 Å². The molecule has 1 unspecified atom stereocenters. The normalized spacial score (nSPS) is 20.5. The molecule has 1 fully saturated rings. The fourth-order valence-corrected chi connectivity index (χ4v) is 5.02. The minimum Gasteiger partial charge on any atom is -0.434 e. The number of aromatic nitrogens is 2. The second-order valence-corrected chi connectivity index (χ2v) is 8.90. The number of rotatable bonds is 7. The van der Waals surface area contributed by atoms with Gasteiger partial charge in [-0.2, -0.15) is 8.78 Å². The molecule has 2 atom stereocenters. The van der Waals surface area contributed by atoms with E-state index in [4.69, 9.17) is 14.5 Å². The van der Waals surface area contributed by atoms with E-state index in [0.717, 1.165) is 34.3 Å². The van der Waals surface area contributed by atoms with Gasteiger partial charge < -0.3 is 18.9 Å². The van der Waals surface area contributed by atoms with Crippen LogP contribution in [0.4, 0.5) is 8.78 Å². The van der Waals surface area contributed by atoms with E-state index in [1.165, 1.54) is 0 Å². The van der Waals surface area contributed by atoms with E-state index >= 15 is 0 Å². The molecule has 2 aromatic carbocycles. The summed E-state index contributed by atoms with van der Waals surface area (Å²) in [5.41, 5.74) is 2.37. The lowest BCUT2D eigenvalue weighted by molar-refractivity contribution is -0.128. The van der Waals surface area contributed by atoms with Gasteiger partial charge in [-0.1, -0.05) is 34.1 Å². The number of alkyl halides is 2. The van der Waals surface area contributed by atoms with E-state index in [-0.39, 0.29) is 23.8 Å². The second kappa shape index (κ2) is 8.78. The molecule has 32 heavy (non-hydrogen) atoms. The number of likely N-dealkylation sites (tertiary alicyclic amines) is 1. The molecule has 0 aliphatic carbocycles. The van der Waals surface area contributed by atoms with Gasteiger partial charge in [-0.15, -0.1) is 0 Å². The number of nitrogens with zero attached hydrogens (tertiary/aromatic N) is 3. The van der Waals surface area contributed by atoms with Gasteiger partial charge >= 0.3 is 6.61 Å². The van der Waals surface area contributed by atoms with Crippen LogP contribution in [0.5, 0.6) is 5.75 Å². The molecule has 0 N–H and O–H groups in total. The zero-order valence-corrected chi connectivity index (χ0v) is 18.8. The number of para-hydroxylation sites is 1. The van der Waals surface area contributed by atoms with Crippen molar-refractivity contribution in [1.82, 2.24) is 14.5 Å². The predicted octanol–water partition coefficient (Wildman–Crippen LogP) is 5.07. The van der Waals surface area contributed by atoms with Crippen molar-refractivity contribution >= 4 is 32.9 Å². The number of amides is 1. The lowest BCUT2D eigenvalue weighted by atomic mass is 10.0. The van der Waals surface area contributed by atoms with Crippen molar-refractivity contribution in [3.63, 3.8) is 0 Å². The molecule has 1 aromatic heterocycles. The van der Waals surface area contributed by atoms with Gasteiger partial charge in [-0.3, -0.25) is 4.79 Å². The topological polar surface area (TPSA) is 56.6 Å². The highest BCUT2D eigenvalue weighted by molar-refractivity contribution is 9.10. The maximum absolute atomic E-state index is 13.0. The van der Waals surface area contributed by atoms with Crippen LogP contribution in [0.15, 0.2) is 46.9 Å². The maximum Gasteiger partial charge on any atom is 0.387 e. The van der Waals surface area contributed by atoms with E-state index in [1.54, 1.807) is 18.2 Å². The quantitative estimate of drug-likeness (QED) is 0.449. The third-order valence-corrected chi connectivity index (χ3v) is 6.55. The van der Waals surface area contributed by atoms with Crippen LogP contribution >= 0.6 is 15.9 Å². The molecule has 5 rings (SSSR count). The monoisotopic (exact) mass is 505 g/mol. The first kappa shape index (κ1) is 21.3. The van der Waals surface area contributed by atoms with Gasteiger partial charge in [-0.05, 0) is 30.7 Å². The Bertz CT molecular complexity index is 1150. The standard InChI is InChI=1S/C23H22BrF2N3O3/c24-14-7-8-16-18(12-14)29-17(15-4-1-2-5-19(15)32-23(25)26)13-20(22(29)27-16)31-11-10-28-9-3-6-21(28)30/h1-2,4-5,7-8,12,17,20,23H,3,6,9-11,13H2/t17?,20-/m1/s1. The molecule has 3 heterocycles. The summed E-state index contributed by atoms with van der Waals surface area (Å²) in [7, 11) is 0. The predicted molar refractivity (Wildman–Crippen MR) is 118 cm³/mol. The Labute approximate surface area is 192 Å². The number of imidazole rings is 1. The van der Waals surface area contributed by atoms with Gasteiger partial charge in [0.1, 0.15) is 17.7 Å². The first-order valence-corrected chi connectivity index (χ1v) is 11.4. The average Bonchev–Trinajstić information content (AvgIpc) is 3.43. The third-order valence-electron chi connectivity index (χ3n) is 6.06. The molecule has 9 heteroatoms. The van der Waals surface area contributed by atoms with Crippen molar-refractivity contribution in [2.24, 2.45) is 0 Å². The van der Waals surface area contributed by atoms with Gasteiger partial charge in [0.2, 0.25) is 5.91 Å². The van der Waals surface area contributed by atoms with E-state index in [1.807, 2.05) is 29.2 Å². The number of halogens is 3. The Hall–Kier alpha value is -2.52. The molecule has 0 spiro atoms. The Morgan fingerprint density at radius 2 is 2.06 bits per heavy atom. The van der Waals surface area contributed by atoms with Crippen molar-refractivity contribution in [3.8, 4) is 5.75 Å². The zero-order chi connectivity index (χ0) is 22.2. The van der Waals surface area contributed by atoms with Crippen LogP contribution in [-0.2, 0) is 9.53 Å². The molecule has 1 saturated heterocycles. The van der Waals surface area contributed by atoms with Crippen LogP contribution in [-0.4, -0.2) is 46.7 Å². The number of hydrogen-bond acceptors (Lipinski definition) is 4. The molecule has 0 radical (unpaired) electrons. The Balaban J connectivity index is 1.48. The fourth-order valence-electron chi connectivity index (χ4n) is 4.67. The number of hydrogen-bond donors (Lipinski definition) is 0. The van der Waals surface area contributed by atoms with E-state index in [0.29, 0.717) is 31.6 Å². The Morgan fingerprint density at radius 3 is 2.84 bits per heavy atom. The number of carbonyl (C=O) groups is 1. The number of ether oxygens (including phenoxy) is 2. The Morgan fingerprint density at radius 1 is 1.22 bits per heavy atom. The molecule has 2 aliphatic rings. The summed E-state index contributed by atoms with van der Waals surface area (Å²) in [5, 5.41) is 0. The zero-order valence-electron chi connectivity index (χ0n) is 17.2. The third kappa shape index (κ3) is 3.99. The van der Waals surface area contributed by atoms with Gasteiger partial charge in [0.15, 0.2) is 0 Å². The van der Waals surface area contributed by atoms with Gasteiger partial charge in [-0.25, -0.2) is 4.98 Å². The SMILES string of the molecule is O=C1CCCN1CCO[C@@H]1CC(c2ccccc2OC(F)F)n2c1nc1ccc(Br)cc12. The molecule has 0 saturated carbocycles. The Kier molecular flexibility index (Phi) is 5.86. The summed E-state index contributed by atoms with van der Waals surface area (Å²) in [4.78, 5) is 18.5. The summed E-state index contributed by atoms with van der Waals surface area (Å²) in [5.74, 6) is 1.06. The summed E-state index contributed by atoms with van der Waals surface area (Å²) in [6.45, 7) is -1.21. The average molecular weight is 506 g/mol. The lowest BCUT2D eigenvalue weighted by Crippen LogP contribution is -2.28. The number of carbonyl (C=O) groups excluding carboxylic acids is 1. The summed E-state index contributed by atoms with van der Waals surface area (Å²) >= 11 is 3.52. The largest absolute Gasteiger partial charge is 0.434 e. The molecule has 0 bridgehead atoms. The maximum atomic E-state index is 13.0. The fraction of sp³-hybridized carbons (Fsp3) is 0.391. The van der Waals surface area contributed by atoms with E-state index in [9.17, 15) is 13.6 Å². The van der Waals surface area contributed by atoms with Crippen molar-refractivity contribution in [2.75, 3.05) is 19.7 Å². The smallest absolute Gasteiger partial charge is 0.387 e. The van der Waals surface area contributed by atoms with Crippen molar-refractivity contribution in [3.05, 3.63) is 58.3 Å². The molecule has 2 aliphatic heterocycles. The highest BCUT2D eigenvalue weighted by Crippen LogP contribution is 2.45. The van der Waals surface area contributed by atoms with Crippen molar-refractivity contribution < 1.29 is 23.0 Å².